The Hall–Kier alpha value is -3.07. The van der Waals surface area contributed by atoms with Gasteiger partial charge in [0.2, 0.25) is 5.91 Å². The zero-order chi connectivity index (χ0) is 21.0. The maximum absolute atomic E-state index is 14.1. The lowest BCUT2D eigenvalue weighted by molar-refractivity contribution is -0.384. The van der Waals surface area contributed by atoms with Gasteiger partial charge in [0, 0.05) is 36.9 Å². The molecule has 0 N–H and O–H groups in total. The van der Waals surface area contributed by atoms with Crippen LogP contribution < -0.4 is 0 Å². The van der Waals surface area contributed by atoms with E-state index in [0.29, 0.717) is 5.56 Å². The normalized spacial score (nSPS) is 19.1. The highest BCUT2D eigenvalue weighted by Crippen LogP contribution is 2.31. The van der Waals surface area contributed by atoms with Gasteiger partial charge in [-0.05, 0) is 36.3 Å². The molecule has 152 valence electrons. The van der Waals surface area contributed by atoms with Crippen molar-refractivity contribution in [1.82, 2.24) is 4.90 Å². The van der Waals surface area contributed by atoms with E-state index in [0.717, 1.165) is 0 Å². The quantitative estimate of drug-likeness (QED) is 0.432. The molecule has 0 spiro atoms. The second-order valence-electron chi connectivity index (χ2n) is 6.67. The van der Waals surface area contributed by atoms with Crippen LogP contribution in [0.2, 0.25) is 0 Å². The van der Waals surface area contributed by atoms with Gasteiger partial charge in [0.05, 0.1) is 15.9 Å². The van der Waals surface area contributed by atoms with Crippen LogP contribution in [0, 0.1) is 15.9 Å². The SMILES string of the molecule is O=C(/C=C/c1ccc([N+](=O)[O-])cc1)N1CCC(c2ccccc2F)S(=O)(=O)CC1. The Kier molecular flexibility index (Phi) is 6.07. The molecule has 7 nitrogen and oxygen atoms in total. The fourth-order valence-electron chi connectivity index (χ4n) is 3.23. The van der Waals surface area contributed by atoms with Crippen molar-refractivity contribution in [1.29, 1.82) is 0 Å². The highest BCUT2D eigenvalue weighted by atomic mass is 32.2. The van der Waals surface area contributed by atoms with Crippen LogP contribution in [0.1, 0.15) is 22.8 Å². The minimum Gasteiger partial charge on any atom is -0.338 e. The molecular formula is C20H19FN2O5S. The lowest BCUT2D eigenvalue weighted by atomic mass is 10.1. The average molecular weight is 418 g/mol. The van der Waals surface area contributed by atoms with Crippen LogP contribution in [0.15, 0.2) is 54.6 Å². The van der Waals surface area contributed by atoms with Crippen molar-refractivity contribution in [2.75, 3.05) is 18.8 Å². The smallest absolute Gasteiger partial charge is 0.269 e. The van der Waals surface area contributed by atoms with E-state index in [-0.39, 0.29) is 42.4 Å². The molecule has 0 aliphatic carbocycles. The van der Waals surface area contributed by atoms with Crippen molar-refractivity contribution >= 4 is 27.5 Å². The van der Waals surface area contributed by atoms with Gasteiger partial charge in [0.1, 0.15) is 5.82 Å². The molecule has 0 bridgehead atoms. The molecule has 0 radical (unpaired) electrons. The number of hydrogen-bond acceptors (Lipinski definition) is 5. The molecule has 2 aromatic rings. The molecule has 1 atom stereocenters. The molecule has 0 aromatic heterocycles. The van der Waals surface area contributed by atoms with Crippen molar-refractivity contribution < 1.29 is 22.5 Å². The first-order valence-electron chi connectivity index (χ1n) is 8.95. The van der Waals surface area contributed by atoms with Crippen LogP contribution >= 0.6 is 0 Å². The zero-order valence-electron chi connectivity index (χ0n) is 15.4. The van der Waals surface area contributed by atoms with Crippen LogP contribution in [-0.2, 0) is 14.6 Å². The van der Waals surface area contributed by atoms with Crippen molar-refractivity contribution in [3.63, 3.8) is 0 Å². The maximum Gasteiger partial charge on any atom is 0.269 e. The van der Waals surface area contributed by atoms with Crippen molar-refractivity contribution in [2.24, 2.45) is 0 Å². The Morgan fingerprint density at radius 3 is 2.48 bits per heavy atom. The van der Waals surface area contributed by atoms with Crippen molar-refractivity contribution in [2.45, 2.75) is 11.7 Å². The molecule has 1 aliphatic heterocycles. The Balaban J connectivity index is 1.71. The van der Waals surface area contributed by atoms with Crippen molar-refractivity contribution in [3.8, 4) is 0 Å². The van der Waals surface area contributed by atoms with Gasteiger partial charge in [-0.2, -0.15) is 0 Å². The second-order valence-corrected chi connectivity index (χ2v) is 8.98. The van der Waals surface area contributed by atoms with Crippen LogP contribution in [0.3, 0.4) is 0 Å². The molecule has 1 amide bonds. The number of hydrogen-bond donors (Lipinski definition) is 0. The summed E-state index contributed by atoms with van der Waals surface area (Å²) in [4.78, 5) is 24.1. The summed E-state index contributed by atoms with van der Waals surface area (Å²) in [7, 11) is -3.60. The second kappa shape index (κ2) is 8.52. The number of halogens is 1. The molecule has 9 heteroatoms. The molecule has 1 saturated heterocycles. The summed E-state index contributed by atoms with van der Waals surface area (Å²) in [5.74, 6) is -1.19. The van der Waals surface area contributed by atoms with Gasteiger partial charge < -0.3 is 4.90 Å². The Labute approximate surface area is 167 Å². The Morgan fingerprint density at radius 1 is 1.14 bits per heavy atom. The van der Waals surface area contributed by atoms with E-state index in [1.54, 1.807) is 6.07 Å². The van der Waals surface area contributed by atoms with E-state index < -0.39 is 25.8 Å². The fraction of sp³-hybridized carbons (Fsp3) is 0.250. The summed E-state index contributed by atoms with van der Waals surface area (Å²) in [5.41, 5.74) is 0.684. The topological polar surface area (TPSA) is 97.6 Å². The van der Waals surface area contributed by atoms with Gasteiger partial charge in [-0.15, -0.1) is 0 Å². The lowest BCUT2D eigenvalue weighted by Gasteiger charge is -2.18. The van der Waals surface area contributed by atoms with E-state index in [9.17, 15) is 27.7 Å². The number of benzene rings is 2. The van der Waals surface area contributed by atoms with E-state index in [1.165, 1.54) is 59.5 Å². The lowest BCUT2D eigenvalue weighted by Crippen LogP contribution is -2.32. The Bertz CT molecular complexity index is 1050. The number of nitro benzene ring substituents is 1. The first-order chi connectivity index (χ1) is 13.8. The van der Waals surface area contributed by atoms with E-state index in [4.69, 9.17) is 0 Å². The first kappa shape index (κ1) is 20.7. The van der Waals surface area contributed by atoms with E-state index in [2.05, 4.69) is 0 Å². The zero-order valence-corrected chi connectivity index (χ0v) is 16.2. The van der Waals surface area contributed by atoms with Crippen molar-refractivity contribution in [3.05, 3.63) is 81.7 Å². The van der Waals surface area contributed by atoms with Gasteiger partial charge >= 0.3 is 0 Å². The standard InChI is InChI=1S/C20H19FN2O5S/c21-18-4-2-1-3-17(18)19-11-12-22(13-14-29(19,27)28)20(24)10-7-15-5-8-16(9-6-15)23(25)26/h1-10,19H,11-14H2/b10-7+. The molecular weight excluding hydrogens is 399 g/mol. The molecule has 2 aromatic carbocycles. The van der Waals surface area contributed by atoms with Gasteiger partial charge in [-0.1, -0.05) is 18.2 Å². The monoisotopic (exact) mass is 418 g/mol. The summed E-state index contributed by atoms with van der Waals surface area (Å²) in [5, 5.41) is 9.69. The van der Waals surface area contributed by atoms with Crippen LogP contribution in [0.25, 0.3) is 6.08 Å². The predicted octanol–water partition coefficient (Wildman–Crippen LogP) is 3.14. The molecule has 1 fully saturated rings. The molecule has 29 heavy (non-hydrogen) atoms. The van der Waals surface area contributed by atoms with Crippen LogP contribution in [0.5, 0.6) is 0 Å². The number of carbonyl (C=O) groups excluding carboxylic acids is 1. The summed E-state index contributed by atoms with van der Waals surface area (Å²) in [6, 6.07) is 11.5. The minimum absolute atomic E-state index is 0.0245. The van der Waals surface area contributed by atoms with Gasteiger partial charge in [0.25, 0.3) is 5.69 Å². The van der Waals surface area contributed by atoms with Gasteiger partial charge in [-0.25, -0.2) is 12.8 Å². The van der Waals surface area contributed by atoms with E-state index in [1.807, 2.05) is 0 Å². The summed E-state index contributed by atoms with van der Waals surface area (Å²) in [6.45, 7) is 0.207. The van der Waals surface area contributed by atoms with Crippen LogP contribution in [-0.4, -0.2) is 43.0 Å². The number of amides is 1. The Morgan fingerprint density at radius 2 is 1.83 bits per heavy atom. The predicted molar refractivity (Wildman–Crippen MR) is 106 cm³/mol. The van der Waals surface area contributed by atoms with Crippen LogP contribution in [0.4, 0.5) is 10.1 Å². The summed E-state index contributed by atoms with van der Waals surface area (Å²) < 4.78 is 39.3. The molecule has 1 heterocycles. The molecule has 3 rings (SSSR count). The number of nitrogens with zero attached hydrogens (tertiary/aromatic N) is 2. The maximum atomic E-state index is 14.1. The third-order valence-corrected chi connectivity index (χ3v) is 6.93. The molecule has 1 unspecified atom stereocenters. The number of nitro groups is 1. The third-order valence-electron chi connectivity index (χ3n) is 4.83. The van der Waals surface area contributed by atoms with Gasteiger partial charge in [0.15, 0.2) is 9.84 Å². The fourth-order valence-corrected chi connectivity index (χ4v) is 5.03. The summed E-state index contributed by atoms with van der Waals surface area (Å²) in [6.07, 6.45) is 2.93. The largest absolute Gasteiger partial charge is 0.338 e. The average Bonchev–Trinajstić information content (AvgIpc) is 2.85. The highest BCUT2D eigenvalue weighted by molar-refractivity contribution is 7.91. The highest BCUT2D eigenvalue weighted by Gasteiger charge is 2.33. The molecule has 0 saturated carbocycles. The molecule has 1 aliphatic rings. The first-order valence-corrected chi connectivity index (χ1v) is 10.7. The van der Waals surface area contributed by atoms with Gasteiger partial charge in [-0.3, -0.25) is 14.9 Å². The van der Waals surface area contributed by atoms with E-state index >= 15 is 0 Å². The number of carbonyl (C=O) groups is 1. The minimum atomic E-state index is -3.60. The summed E-state index contributed by atoms with van der Waals surface area (Å²) >= 11 is 0. The number of non-ortho nitro benzene ring substituents is 1. The number of rotatable bonds is 4. The third kappa shape index (κ3) is 4.86. The number of sulfone groups is 1.